The number of hydrogen-bond donors (Lipinski definition) is 0. The van der Waals surface area contributed by atoms with Crippen LogP contribution in [0, 0.1) is 5.92 Å². The summed E-state index contributed by atoms with van der Waals surface area (Å²) in [5.74, 6) is 0.942. The van der Waals surface area contributed by atoms with Gasteiger partial charge in [0.1, 0.15) is 0 Å². The minimum absolute atomic E-state index is 0.272. The van der Waals surface area contributed by atoms with E-state index in [0.717, 1.165) is 10.6 Å². The van der Waals surface area contributed by atoms with Crippen molar-refractivity contribution in [3.05, 3.63) is 107 Å². The number of piperidine rings is 3. The zero-order chi connectivity index (χ0) is 20.3. The molecular formula is C27H27ClN2. The molecule has 0 radical (unpaired) electrons. The summed E-state index contributed by atoms with van der Waals surface area (Å²) < 4.78 is 0. The largest absolute Gasteiger partial charge is 0.297 e. The second-order valence-electron chi connectivity index (χ2n) is 8.45. The van der Waals surface area contributed by atoms with Crippen molar-refractivity contribution in [2.24, 2.45) is 10.9 Å². The van der Waals surface area contributed by atoms with Crippen molar-refractivity contribution in [3.63, 3.8) is 0 Å². The minimum Gasteiger partial charge on any atom is -0.297 e. The van der Waals surface area contributed by atoms with E-state index in [2.05, 4.69) is 65.6 Å². The molecule has 2 bridgehead atoms. The molecule has 2 unspecified atom stereocenters. The Morgan fingerprint density at radius 1 is 0.800 bits per heavy atom. The minimum atomic E-state index is 0.272. The number of nitrogens with zero attached hydrogens (tertiary/aromatic N) is 2. The van der Waals surface area contributed by atoms with Crippen LogP contribution in [-0.2, 0) is 0 Å². The lowest BCUT2D eigenvalue weighted by atomic mass is 9.71. The van der Waals surface area contributed by atoms with Crippen LogP contribution < -0.4 is 0 Å². The summed E-state index contributed by atoms with van der Waals surface area (Å²) in [6, 6.07) is 30.5. The monoisotopic (exact) mass is 414 g/mol. The Morgan fingerprint density at radius 3 is 1.97 bits per heavy atom. The van der Waals surface area contributed by atoms with Crippen molar-refractivity contribution in [1.82, 2.24) is 4.90 Å². The quantitative estimate of drug-likeness (QED) is 0.464. The zero-order valence-electron chi connectivity index (χ0n) is 17.1. The van der Waals surface area contributed by atoms with Crippen LogP contribution in [0.4, 0.5) is 0 Å². The molecule has 3 heteroatoms. The first-order valence-electron chi connectivity index (χ1n) is 10.9. The fraction of sp³-hybridized carbons (Fsp3) is 0.296. The lowest BCUT2D eigenvalue weighted by Gasteiger charge is -2.52. The molecule has 0 aromatic heterocycles. The van der Waals surface area contributed by atoms with Gasteiger partial charge in [-0.2, -0.15) is 0 Å². The van der Waals surface area contributed by atoms with E-state index in [0.29, 0.717) is 17.9 Å². The van der Waals surface area contributed by atoms with Gasteiger partial charge >= 0.3 is 0 Å². The zero-order valence-corrected chi connectivity index (χ0v) is 17.8. The summed E-state index contributed by atoms with van der Waals surface area (Å²) in [4.78, 5) is 7.88. The number of fused-ring (bicyclic) bond motifs is 3. The highest BCUT2D eigenvalue weighted by molar-refractivity contribution is 6.33. The van der Waals surface area contributed by atoms with Gasteiger partial charge in [0.05, 0.1) is 6.04 Å². The summed E-state index contributed by atoms with van der Waals surface area (Å²) in [6.07, 6.45) is 4.48. The third-order valence-electron chi connectivity index (χ3n) is 6.78. The molecule has 2 atom stereocenters. The first-order valence-corrected chi connectivity index (χ1v) is 11.3. The molecule has 0 saturated carbocycles. The molecule has 2 nitrogen and oxygen atoms in total. The van der Waals surface area contributed by atoms with Crippen LogP contribution in [0.15, 0.2) is 89.9 Å². The molecule has 0 aliphatic carbocycles. The van der Waals surface area contributed by atoms with Gasteiger partial charge in [0.2, 0.25) is 0 Å². The molecule has 0 spiro atoms. The molecule has 30 heavy (non-hydrogen) atoms. The van der Waals surface area contributed by atoms with E-state index in [9.17, 15) is 0 Å². The van der Waals surface area contributed by atoms with Crippen LogP contribution in [0.3, 0.4) is 0 Å². The molecule has 3 aliphatic heterocycles. The van der Waals surface area contributed by atoms with E-state index in [1.807, 2.05) is 30.5 Å². The molecule has 3 aromatic carbocycles. The van der Waals surface area contributed by atoms with Gasteiger partial charge in [0.15, 0.2) is 0 Å². The molecular weight excluding hydrogens is 388 g/mol. The summed E-state index contributed by atoms with van der Waals surface area (Å²) in [5.41, 5.74) is 3.75. The van der Waals surface area contributed by atoms with Gasteiger partial charge in [-0.15, -0.1) is 0 Å². The van der Waals surface area contributed by atoms with Gasteiger partial charge in [0.25, 0.3) is 0 Å². The molecule has 0 N–H and O–H groups in total. The maximum Gasteiger partial charge on any atom is 0.0693 e. The standard InChI is InChI=1S/C27H27ClN2/c28-24-14-8-7-13-23(24)19-29-26-22-15-17-30(18-16-22)27(26)25(20-9-3-1-4-10-20)21-11-5-2-6-12-21/h1-14,19,22,25-27H,15-18H2. The molecule has 3 heterocycles. The van der Waals surface area contributed by atoms with Crippen molar-refractivity contribution in [1.29, 1.82) is 0 Å². The Labute approximate surface area is 184 Å². The smallest absolute Gasteiger partial charge is 0.0693 e. The van der Waals surface area contributed by atoms with Crippen LogP contribution in [0.5, 0.6) is 0 Å². The van der Waals surface area contributed by atoms with Gasteiger partial charge < -0.3 is 0 Å². The van der Waals surface area contributed by atoms with Gasteiger partial charge in [0, 0.05) is 28.8 Å². The lowest BCUT2D eigenvalue weighted by molar-refractivity contribution is 0.0215. The van der Waals surface area contributed by atoms with Crippen LogP contribution in [0.25, 0.3) is 0 Å². The van der Waals surface area contributed by atoms with E-state index >= 15 is 0 Å². The fourth-order valence-electron chi connectivity index (χ4n) is 5.33. The number of benzene rings is 3. The Bertz CT molecular complexity index is 954. The summed E-state index contributed by atoms with van der Waals surface area (Å²) >= 11 is 6.41. The average Bonchev–Trinajstić information content (AvgIpc) is 2.81. The Morgan fingerprint density at radius 2 is 1.37 bits per heavy atom. The fourth-order valence-corrected chi connectivity index (χ4v) is 5.51. The van der Waals surface area contributed by atoms with E-state index in [1.165, 1.54) is 37.1 Å². The van der Waals surface area contributed by atoms with Crippen LogP contribution in [0.1, 0.15) is 35.4 Å². The van der Waals surface area contributed by atoms with Crippen molar-refractivity contribution >= 4 is 17.8 Å². The topological polar surface area (TPSA) is 15.6 Å². The lowest BCUT2D eigenvalue weighted by Crippen LogP contribution is -2.59. The Balaban J connectivity index is 1.56. The highest BCUT2D eigenvalue weighted by atomic mass is 35.5. The van der Waals surface area contributed by atoms with Gasteiger partial charge in [-0.05, 0) is 49.0 Å². The summed E-state index contributed by atoms with van der Waals surface area (Å²) in [6.45, 7) is 2.34. The van der Waals surface area contributed by atoms with Gasteiger partial charge in [-0.3, -0.25) is 9.89 Å². The molecule has 3 aliphatic rings. The molecule has 3 aromatic rings. The second-order valence-corrected chi connectivity index (χ2v) is 8.86. The third kappa shape index (κ3) is 3.82. The Kier molecular flexibility index (Phi) is 5.70. The van der Waals surface area contributed by atoms with Crippen molar-refractivity contribution in [2.45, 2.75) is 30.8 Å². The molecule has 0 amide bonds. The van der Waals surface area contributed by atoms with E-state index in [-0.39, 0.29) is 6.04 Å². The number of hydrogen-bond acceptors (Lipinski definition) is 2. The molecule has 6 rings (SSSR count). The predicted molar refractivity (Wildman–Crippen MR) is 126 cm³/mol. The maximum absolute atomic E-state index is 6.41. The maximum atomic E-state index is 6.41. The number of halogens is 1. The van der Waals surface area contributed by atoms with Crippen LogP contribution in [-0.4, -0.2) is 36.3 Å². The highest BCUT2D eigenvalue weighted by Crippen LogP contribution is 2.43. The number of rotatable bonds is 5. The SMILES string of the molecule is Clc1ccccc1C=NC1C2CCN(CC2)C1C(c1ccccc1)c1ccccc1. The molecule has 3 saturated heterocycles. The first kappa shape index (κ1) is 19.5. The molecule has 3 fully saturated rings. The molecule has 152 valence electrons. The predicted octanol–water partition coefficient (Wildman–Crippen LogP) is 6.05. The first-order chi connectivity index (χ1) is 14.8. The average molecular weight is 415 g/mol. The number of aliphatic imine (C=N–C) groups is 1. The van der Waals surface area contributed by atoms with Crippen molar-refractivity contribution < 1.29 is 0 Å². The second kappa shape index (κ2) is 8.75. The third-order valence-corrected chi connectivity index (χ3v) is 7.12. The summed E-state index contributed by atoms with van der Waals surface area (Å²) in [5, 5.41) is 0.766. The van der Waals surface area contributed by atoms with Crippen molar-refractivity contribution in [2.75, 3.05) is 13.1 Å². The van der Waals surface area contributed by atoms with Gasteiger partial charge in [-0.1, -0.05) is 90.5 Å². The summed E-state index contributed by atoms with van der Waals surface area (Å²) in [7, 11) is 0. The van der Waals surface area contributed by atoms with Crippen molar-refractivity contribution in [3.8, 4) is 0 Å². The van der Waals surface area contributed by atoms with E-state index in [4.69, 9.17) is 16.6 Å². The van der Waals surface area contributed by atoms with Crippen LogP contribution in [0.2, 0.25) is 5.02 Å². The normalized spacial score (nSPS) is 25.8. The Hall–Kier alpha value is -2.42. The van der Waals surface area contributed by atoms with Crippen LogP contribution >= 0.6 is 11.6 Å². The van der Waals surface area contributed by atoms with Gasteiger partial charge in [-0.25, -0.2) is 0 Å². The van der Waals surface area contributed by atoms with E-state index in [1.54, 1.807) is 0 Å². The highest BCUT2D eigenvalue weighted by Gasteiger charge is 2.46. The van der Waals surface area contributed by atoms with E-state index < -0.39 is 0 Å².